The molecule has 0 atom stereocenters. The monoisotopic (exact) mass is 368 g/mol. The SMILES string of the molecule is COc1cc2ncnc(Nc3ccc4[nH]ccc4c3)c2cc1-c1cnccn1. The molecule has 5 rings (SSSR count). The maximum absolute atomic E-state index is 5.55. The van der Waals surface area contributed by atoms with Crippen LogP contribution in [0.1, 0.15) is 0 Å². The van der Waals surface area contributed by atoms with E-state index in [0.717, 1.165) is 38.8 Å². The molecule has 3 heterocycles. The molecule has 2 N–H and O–H groups in total. The lowest BCUT2D eigenvalue weighted by atomic mass is 10.1. The molecule has 7 heteroatoms. The van der Waals surface area contributed by atoms with Crippen molar-refractivity contribution in [3.8, 4) is 17.0 Å². The van der Waals surface area contributed by atoms with Crippen molar-refractivity contribution in [1.29, 1.82) is 0 Å². The lowest BCUT2D eigenvalue weighted by Gasteiger charge is -2.12. The van der Waals surface area contributed by atoms with Crippen molar-refractivity contribution in [2.24, 2.45) is 0 Å². The summed E-state index contributed by atoms with van der Waals surface area (Å²) in [6.45, 7) is 0. The van der Waals surface area contributed by atoms with E-state index in [1.54, 1.807) is 32.0 Å². The molecule has 0 saturated carbocycles. The van der Waals surface area contributed by atoms with Gasteiger partial charge in [-0.1, -0.05) is 0 Å². The summed E-state index contributed by atoms with van der Waals surface area (Å²) in [5, 5.41) is 5.41. The number of nitrogens with one attached hydrogen (secondary N) is 2. The van der Waals surface area contributed by atoms with E-state index in [-0.39, 0.29) is 0 Å². The normalized spacial score (nSPS) is 11.0. The fraction of sp³-hybridized carbons (Fsp3) is 0.0476. The zero-order valence-corrected chi connectivity index (χ0v) is 15.0. The smallest absolute Gasteiger partial charge is 0.141 e. The van der Waals surface area contributed by atoms with Crippen LogP contribution < -0.4 is 10.1 Å². The first kappa shape index (κ1) is 16.2. The predicted octanol–water partition coefficient (Wildman–Crippen LogP) is 4.32. The fourth-order valence-electron chi connectivity index (χ4n) is 3.26. The van der Waals surface area contributed by atoms with Crippen LogP contribution in [0.3, 0.4) is 0 Å². The summed E-state index contributed by atoms with van der Waals surface area (Å²) < 4.78 is 5.55. The van der Waals surface area contributed by atoms with Gasteiger partial charge in [0, 0.05) is 52.2 Å². The molecule has 28 heavy (non-hydrogen) atoms. The van der Waals surface area contributed by atoms with Crippen LogP contribution in [0.2, 0.25) is 0 Å². The van der Waals surface area contributed by atoms with E-state index in [1.165, 1.54) is 0 Å². The van der Waals surface area contributed by atoms with Gasteiger partial charge in [0.25, 0.3) is 0 Å². The van der Waals surface area contributed by atoms with Crippen LogP contribution in [0.25, 0.3) is 33.1 Å². The minimum absolute atomic E-state index is 0.686. The standard InChI is InChI=1S/C21H16N6O/c1-28-20-10-18-16(9-15(20)19-11-22-6-7-24-19)21(26-12-25-18)27-14-2-3-17-13(8-14)4-5-23-17/h2-12,23H,1H3,(H,25,26,27). The second kappa shape index (κ2) is 6.62. The van der Waals surface area contributed by atoms with Gasteiger partial charge in [-0.3, -0.25) is 9.97 Å². The van der Waals surface area contributed by atoms with Gasteiger partial charge in [-0.15, -0.1) is 0 Å². The number of nitrogens with zero attached hydrogens (tertiary/aromatic N) is 4. The third-order valence-electron chi connectivity index (χ3n) is 4.61. The number of benzene rings is 2. The van der Waals surface area contributed by atoms with Gasteiger partial charge in [0.1, 0.15) is 17.9 Å². The number of aromatic amines is 1. The Morgan fingerprint density at radius 2 is 1.96 bits per heavy atom. The Morgan fingerprint density at radius 3 is 2.82 bits per heavy atom. The lowest BCUT2D eigenvalue weighted by Crippen LogP contribution is -1.98. The molecule has 0 aliphatic heterocycles. The first-order valence-corrected chi connectivity index (χ1v) is 8.75. The molecule has 0 radical (unpaired) electrons. The first-order valence-electron chi connectivity index (χ1n) is 8.75. The molecule has 3 aromatic heterocycles. The molecule has 0 unspecified atom stereocenters. The van der Waals surface area contributed by atoms with Crippen LogP contribution in [0.4, 0.5) is 11.5 Å². The number of fused-ring (bicyclic) bond motifs is 2. The average Bonchev–Trinajstić information content (AvgIpc) is 3.21. The van der Waals surface area contributed by atoms with Crippen molar-refractivity contribution in [2.45, 2.75) is 0 Å². The van der Waals surface area contributed by atoms with Crippen LogP contribution >= 0.6 is 0 Å². The second-order valence-electron chi connectivity index (χ2n) is 6.29. The molecule has 5 aromatic rings. The Morgan fingerprint density at radius 1 is 1.00 bits per heavy atom. The van der Waals surface area contributed by atoms with Gasteiger partial charge >= 0.3 is 0 Å². The first-order chi connectivity index (χ1) is 13.8. The minimum atomic E-state index is 0.686. The van der Waals surface area contributed by atoms with Gasteiger partial charge in [0.15, 0.2) is 0 Å². The van der Waals surface area contributed by atoms with E-state index in [1.807, 2.05) is 36.5 Å². The quantitative estimate of drug-likeness (QED) is 0.491. The maximum atomic E-state index is 5.55. The summed E-state index contributed by atoms with van der Waals surface area (Å²) in [4.78, 5) is 20.6. The molecule has 136 valence electrons. The lowest BCUT2D eigenvalue weighted by molar-refractivity contribution is 0.417. The van der Waals surface area contributed by atoms with Gasteiger partial charge in [-0.2, -0.15) is 0 Å². The summed E-state index contributed by atoms with van der Waals surface area (Å²) >= 11 is 0. The highest BCUT2D eigenvalue weighted by Gasteiger charge is 2.13. The third-order valence-corrected chi connectivity index (χ3v) is 4.61. The van der Waals surface area contributed by atoms with E-state index in [2.05, 4.69) is 36.3 Å². The van der Waals surface area contributed by atoms with E-state index in [4.69, 9.17) is 4.74 Å². The van der Waals surface area contributed by atoms with Gasteiger partial charge in [0.05, 0.1) is 24.5 Å². The number of rotatable bonds is 4. The van der Waals surface area contributed by atoms with Crippen LogP contribution in [0.15, 0.2) is 67.5 Å². The largest absolute Gasteiger partial charge is 0.496 e. The molecule has 0 bridgehead atoms. The maximum Gasteiger partial charge on any atom is 0.141 e. The molecule has 0 fully saturated rings. The van der Waals surface area contributed by atoms with Crippen LogP contribution in [0.5, 0.6) is 5.75 Å². The summed E-state index contributed by atoms with van der Waals surface area (Å²) in [6.07, 6.45) is 8.48. The summed E-state index contributed by atoms with van der Waals surface area (Å²) in [5.74, 6) is 1.40. The van der Waals surface area contributed by atoms with Crippen molar-refractivity contribution in [3.63, 3.8) is 0 Å². The summed E-state index contributed by atoms with van der Waals surface area (Å²) in [5.41, 5.74) is 4.38. The molecule has 7 nitrogen and oxygen atoms in total. The van der Waals surface area contributed by atoms with E-state index < -0.39 is 0 Å². The van der Waals surface area contributed by atoms with Gasteiger partial charge in [0.2, 0.25) is 0 Å². The molecule has 0 aliphatic carbocycles. The number of aromatic nitrogens is 5. The number of hydrogen-bond acceptors (Lipinski definition) is 6. The third kappa shape index (κ3) is 2.79. The van der Waals surface area contributed by atoms with Crippen molar-refractivity contribution in [2.75, 3.05) is 12.4 Å². The van der Waals surface area contributed by atoms with Crippen molar-refractivity contribution in [3.05, 3.63) is 67.5 Å². The molecular weight excluding hydrogens is 352 g/mol. The number of anilines is 2. The molecule has 0 aliphatic rings. The van der Waals surface area contributed by atoms with Crippen molar-refractivity contribution < 1.29 is 4.74 Å². The Hall–Kier alpha value is -4.00. The Bertz CT molecular complexity index is 1280. The molecular formula is C21H16N6O. The Labute approximate surface area is 160 Å². The van der Waals surface area contributed by atoms with E-state index in [0.29, 0.717) is 11.6 Å². The Balaban J connectivity index is 1.64. The topological polar surface area (TPSA) is 88.6 Å². The van der Waals surface area contributed by atoms with Crippen LogP contribution in [-0.2, 0) is 0 Å². The molecule has 0 amide bonds. The van der Waals surface area contributed by atoms with E-state index in [9.17, 15) is 0 Å². The average molecular weight is 368 g/mol. The van der Waals surface area contributed by atoms with Crippen LogP contribution in [-0.4, -0.2) is 32.0 Å². The minimum Gasteiger partial charge on any atom is -0.496 e. The molecule has 0 saturated heterocycles. The predicted molar refractivity (Wildman–Crippen MR) is 109 cm³/mol. The summed E-state index contributed by atoms with van der Waals surface area (Å²) in [6, 6.07) is 12.0. The highest BCUT2D eigenvalue weighted by molar-refractivity contribution is 5.96. The number of methoxy groups -OCH3 is 1. The van der Waals surface area contributed by atoms with Gasteiger partial charge in [-0.05, 0) is 30.3 Å². The zero-order valence-electron chi connectivity index (χ0n) is 15.0. The second-order valence-corrected chi connectivity index (χ2v) is 6.29. The summed E-state index contributed by atoms with van der Waals surface area (Å²) in [7, 11) is 1.63. The van der Waals surface area contributed by atoms with Crippen molar-refractivity contribution >= 4 is 33.3 Å². The number of ether oxygens (including phenoxy) is 1. The fourth-order valence-corrected chi connectivity index (χ4v) is 3.26. The van der Waals surface area contributed by atoms with Crippen molar-refractivity contribution in [1.82, 2.24) is 24.9 Å². The van der Waals surface area contributed by atoms with Gasteiger partial charge < -0.3 is 15.0 Å². The Kier molecular flexibility index (Phi) is 3.83. The van der Waals surface area contributed by atoms with E-state index >= 15 is 0 Å². The number of H-pyrrole nitrogens is 1. The highest BCUT2D eigenvalue weighted by atomic mass is 16.5. The molecule has 2 aromatic carbocycles. The van der Waals surface area contributed by atoms with Gasteiger partial charge in [-0.25, -0.2) is 9.97 Å². The zero-order chi connectivity index (χ0) is 18.9. The number of hydrogen-bond donors (Lipinski definition) is 2. The molecule has 0 spiro atoms. The van der Waals surface area contributed by atoms with Crippen LogP contribution in [0, 0.1) is 0 Å². The highest BCUT2D eigenvalue weighted by Crippen LogP contribution is 2.35.